The van der Waals surface area contributed by atoms with Gasteiger partial charge in [-0.2, -0.15) is 13.2 Å². The summed E-state index contributed by atoms with van der Waals surface area (Å²) in [6.07, 6.45) is -2.86. The van der Waals surface area contributed by atoms with Gasteiger partial charge in [-0.15, -0.1) is 11.3 Å². The lowest BCUT2D eigenvalue weighted by Gasteiger charge is -2.06. The van der Waals surface area contributed by atoms with Crippen LogP contribution in [0.2, 0.25) is 0 Å². The third kappa shape index (κ3) is 7.75. The Morgan fingerprint density at radius 1 is 1.33 bits per heavy atom. The predicted molar refractivity (Wildman–Crippen MR) is 75.4 cm³/mol. The van der Waals surface area contributed by atoms with Gasteiger partial charge in [-0.25, -0.2) is 4.98 Å². The number of alkyl halides is 3. The van der Waals surface area contributed by atoms with Gasteiger partial charge in [0.05, 0.1) is 23.9 Å². The normalized spacial score (nSPS) is 12.0. The summed E-state index contributed by atoms with van der Waals surface area (Å²) in [5, 5.41) is 4.06. The van der Waals surface area contributed by atoms with Crippen LogP contribution in [-0.4, -0.2) is 38.0 Å². The summed E-state index contributed by atoms with van der Waals surface area (Å²) in [5.41, 5.74) is 0.844. The molecule has 0 aromatic carbocycles. The van der Waals surface area contributed by atoms with Crippen LogP contribution in [0, 0.1) is 0 Å². The third-order valence-electron chi connectivity index (χ3n) is 2.54. The molecule has 122 valence electrons. The van der Waals surface area contributed by atoms with Crippen molar-refractivity contribution in [3.63, 3.8) is 0 Å². The number of rotatable bonds is 10. The number of hydrogen-bond donors (Lipinski definition) is 1. The Balaban J connectivity index is 2.48. The summed E-state index contributed by atoms with van der Waals surface area (Å²) >= 11 is 1.49. The summed E-state index contributed by atoms with van der Waals surface area (Å²) < 4.78 is 45.6. The van der Waals surface area contributed by atoms with Crippen LogP contribution in [0.5, 0.6) is 0 Å². The Bertz CT molecular complexity index is 411. The van der Waals surface area contributed by atoms with Crippen molar-refractivity contribution in [1.82, 2.24) is 10.3 Å². The molecule has 8 heteroatoms. The number of methoxy groups -OCH3 is 1. The molecule has 0 unspecified atom stereocenters. The first kappa shape index (κ1) is 18.3. The van der Waals surface area contributed by atoms with Crippen LogP contribution < -0.4 is 5.32 Å². The number of halogens is 3. The van der Waals surface area contributed by atoms with Crippen LogP contribution in [-0.2, 0) is 29.0 Å². The van der Waals surface area contributed by atoms with Crippen LogP contribution in [0.15, 0.2) is 0 Å². The standard InChI is InChI=1S/C13H21F3N2O2S/c1-3-5-17-7-11-10(8-19-2)18-12(21-11)4-6-20-9-13(14,15)16/h17H,3-9H2,1-2H3. The van der Waals surface area contributed by atoms with Gasteiger partial charge in [0.2, 0.25) is 0 Å². The molecule has 0 bridgehead atoms. The highest BCUT2D eigenvalue weighted by atomic mass is 32.1. The van der Waals surface area contributed by atoms with E-state index in [-0.39, 0.29) is 6.61 Å². The molecule has 4 nitrogen and oxygen atoms in total. The van der Waals surface area contributed by atoms with Crippen LogP contribution in [0.3, 0.4) is 0 Å². The highest BCUT2D eigenvalue weighted by molar-refractivity contribution is 7.11. The van der Waals surface area contributed by atoms with Gasteiger partial charge >= 0.3 is 6.18 Å². The molecule has 21 heavy (non-hydrogen) atoms. The second-order valence-electron chi connectivity index (χ2n) is 4.51. The van der Waals surface area contributed by atoms with Crippen LogP contribution in [0.1, 0.15) is 28.9 Å². The van der Waals surface area contributed by atoms with Crippen molar-refractivity contribution in [3.8, 4) is 0 Å². The molecule has 1 N–H and O–H groups in total. The zero-order chi connectivity index (χ0) is 15.7. The van der Waals surface area contributed by atoms with E-state index in [2.05, 4.69) is 22.0 Å². The molecule has 0 amide bonds. The zero-order valence-electron chi connectivity index (χ0n) is 12.3. The van der Waals surface area contributed by atoms with Gasteiger partial charge in [-0.05, 0) is 13.0 Å². The van der Waals surface area contributed by atoms with Crippen molar-refractivity contribution in [2.75, 3.05) is 26.9 Å². The van der Waals surface area contributed by atoms with E-state index in [1.165, 1.54) is 11.3 Å². The Kier molecular flexibility index (Phi) is 8.16. The lowest BCUT2D eigenvalue weighted by atomic mass is 10.3. The first-order chi connectivity index (χ1) is 9.96. The van der Waals surface area contributed by atoms with Crippen molar-refractivity contribution in [3.05, 3.63) is 15.6 Å². The van der Waals surface area contributed by atoms with Crippen LogP contribution >= 0.6 is 11.3 Å². The minimum atomic E-state index is -4.28. The molecular formula is C13H21F3N2O2S. The number of aromatic nitrogens is 1. The Labute approximate surface area is 126 Å². The molecule has 0 aliphatic heterocycles. The fourth-order valence-electron chi connectivity index (χ4n) is 1.66. The van der Waals surface area contributed by atoms with Gasteiger partial charge in [0.25, 0.3) is 0 Å². The molecular weight excluding hydrogens is 305 g/mol. The summed E-state index contributed by atoms with van der Waals surface area (Å²) in [7, 11) is 1.59. The van der Waals surface area contributed by atoms with E-state index >= 15 is 0 Å². The number of nitrogens with one attached hydrogen (secondary N) is 1. The van der Waals surface area contributed by atoms with Crippen molar-refractivity contribution in [2.45, 2.75) is 39.1 Å². The van der Waals surface area contributed by atoms with E-state index in [1.54, 1.807) is 7.11 Å². The second kappa shape index (κ2) is 9.34. The smallest absolute Gasteiger partial charge is 0.378 e. The van der Waals surface area contributed by atoms with Gasteiger partial charge in [0, 0.05) is 25.0 Å². The zero-order valence-corrected chi connectivity index (χ0v) is 13.1. The number of thiazole rings is 1. The molecule has 0 saturated heterocycles. The van der Waals surface area contributed by atoms with Crippen molar-refractivity contribution < 1.29 is 22.6 Å². The summed E-state index contributed by atoms with van der Waals surface area (Å²) in [6.45, 7) is 2.90. The first-order valence-electron chi connectivity index (χ1n) is 6.78. The van der Waals surface area contributed by atoms with Gasteiger partial charge in [0.1, 0.15) is 6.61 Å². The average Bonchev–Trinajstić information content (AvgIpc) is 2.77. The third-order valence-corrected chi connectivity index (χ3v) is 3.70. The molecule has 0 radical (unpaired) electrons. The summed E-state index contributed by atoms with van der Waals surface area (Å²) in [5.74, 6) is 0. The fraction of sp³-hybridized carbons (Fsp3) is 0.769. The van der Waals surface area contributed by atoms with Gasteiger partial charge < -0.3 is 14.8 Å². The summed E-state index contributed by atoms with van der Waals surface area (Å²) in [6, 6.07) is 0. The molecule has 1 heterocycles. The molecule has 0 spiro atoms. The lowest BCUT2D eigenvalue weighted by molar-refractivity contribution is -0.173. The van der Waals surface area contributed by atoms with Crippen LogP contribution in [0.25, 0.3) is 0 Å². The molecule has 1 aromatic heterocycles. The van der Waals surface area contributed by atoms with Gasteiger partial charge in [0.15, 0.2) is 0 Å². The quantitative estimate of drug-likeness (QED) is 0.672. The Morgan fingerprint density at radius 2 is 2.10 bits per heavy atom. The van der Waals surface area contributed by atoms with E-state index in [0.717, 1.165) is 28.5 Å². The van der Waals surface area contributed by atoms with Gasteiger partial charge in [-0.1, -0.05) is 6.92 Å². The van der Waals surface area contributed by atoms with Crippen LogP contribution in [0.4, 0.5) is 13.2 Å². The number of ether oxygens (including phenoxy) is 2. The molecule has 0 aliphatic carbocycles. The minimum Gasteiger partial charge on any atom is -0.378 e. The van der Waals surface area contributed by atoms with Crippen molar-refractivity contribution in [1.29, 1.82) is 0 Å². The number of nitrogens with zero attached hydrogens (tertiary/aromatic N) is 1. The molecule has 0 fully saturated rings. The van der Waals surface area contributed by atoms with E-state index in [9.17, 15) is 13.2 Å². The maximum atomic E-state index is 12.0. The SMILES string of the molecule is CCCNCc1sc(CCOCC(F)(F)F)nc1COC. The van der Waals surface area contributed by atoms with Gasteiger partial charge in [-0.3, -0.25) is 0 Å². The average molecular weight is 326 g/mol. The fourth-order valence-corrected chi connectivity index (χ4v) is 2.68. The molecule has 1 aromatic rings. The molecule has 1 rings (SSSR count). The Morgan fingerprint density at radius 3 is 2.71 bits per heavy atom. The largest absolute Gasteiger partial charge is 0.411 e. The monoisotopic (exact) mass is 326 g/mol. The van der Waals surface area contributed by atoms with Crippen molar-refractivity contribution in [2.24, 2.45) is 0 Å². The molecule has 0 atom stereocenters. The van der Waals surface area contributed by atoms with E-state index in [4.69, 9.17) is 4.74 Å². The highest BCUT2D eigenvalue weighted by Crippen LogP contribution is 2.20. The van der Waals surface area contributed by atoms with E-state index in [0.29, 0.717) is 19.6 Å². The highest BCUT2D eigenvalue weighted by Gasteiger charge is 2.27. The first-order valence-corrected chi connectivity index (χ1v) is 7.59. The Hall–Kier alpha value is -0.700. The summed E-state index contributed by atoms with van der Waals surface area (Å²) in [4.78, 5) is 5.47. The van der Waals surface area contributed by atoms with E-state index in [1.807, 2.05) is 0 Å². The topological polar surface area (TPSA) is 43.4 Å². The predicted octanol–water partition coefficient (Wildman–Crippen LogP) is 2.91. The van der Waals surface area contributed by atoms with E-state index < -0.39 is 12.8 Å². The maximum Gasteiger partial charge on any atom is 0.411 e. The number of hydrogen-bond acceptors (Lipinski definition) is 5. The molecule has 0 aliphatic rings. The second-order valence-corrected chi connectivity index (χ2v) is 5.67. The lowest BCUT2D eigenvalue weighted by Crippen LogP contribution is -2.17. The van der Waals surface area contributed by atoms with Crippen molar-refractivity contribution >= 4 is 11.3 Å². The minimum absolute atomic E-state index is 0.0152. The maximum absolute atomic E-state index is 12.0. The molecule has 0 saturated carbocycles.